The number of imidazole rings is 1. The van der Waals surface area contributed by atoms with Crippen LogP contribution in [0.4, 0.5) is 19.1 Å². The third kappa shape index (κ3) is 7.52. The SMILES string of the molecule is Nc1nc2c(c(=O)[nH]1)n(Cc1cccc(Cl)c1)c[n+]2[C@@H]1O[C@H](COP(=O)([O-])O)[C@@H](O)[C@H]1O.O=C(O)C(F)(F)F. The van der Waals surface area contributed by atoms with Crippen LogP contribution in [0.5, 0.6) is 0 Å². The third-order valence-electron chi connectivity index (χ3n) is 5.19. The number of ether oxygens (including phenoxy) is 1. The number of aliphatic hydroxyl groups is 2. The Morgan fingerprint density at radius 2 is 2.00 bits per heavy atom. The molecule has 0 aliphatic carbocycles. The maximum atomic E-state index is 12.6. The number of nitrogens with two attached hydrogens (primary N) is 1. The van der Waals surface area contributed by atoms with Crippen LogP contribution in [0, 0.1) is 0 Å². The summed E-state index contributed by atoms with van der Waals surface area (Å²) < 4.78 is 55.3. The zero-order valence-corrected chi connectivity index (χ0v) is 20.9. The number of aliphatic hydroxyl groups excluding tert-OH is 2. The molecule has 1 unspecified atom stereocenters. The normalized spacial score (nSPS) is 22.8. The van der Waals surface area contributed by atoms with Gasteiger partial charge in [0.1, 0.15) is 18.3 Å². The first-order valence-corrected chi connectivity index (χ1v) is 12.4. The number of carboxylic acid groups (broad SMARTS) is 1. The molecule has 3 aromatic rings. The summed E-state index contributed by atoms with van der Waals surface area (Å²) in [6.45, 7) is -0.523. The van der Waals surface area contributed by atoms with Crippen LogP contribution in [-0.2, 0) is 25.2 Å². The van der Waals surface area contributed by atoms with E-state index in [4.69, 9.17) is 36.9 Å². The Kier molecular flexibility index (Phi) is 9.03. The molecule has 0 spiro atoms. The Hall–Kier alpha value is -3.09. The minimum atomic E-state index is -5.08. The molecule has 39 heavy (non-hydrogen) atoms. The predicted octanol–water partition coefficient (Wildman–Crippen LogP) is -0.974. The number of alkyl halides is 3. The van der Waals surface area contributed by atoms with Crippen LogP contribution >= 0.6 is 19.4 Å². The number of aliphatic carboxylic acids is 1. The highest BCUT2D eigenvalue weighted by atomic mass is 35.5. The van der Waals surface area contributed by atoms with Gasteiger partial charge in [-0.1, -0.05) is 28.7 Å². The number of phosphoric acid groups is 1. The summed E-state index contributed by atoms with van der Waals surface area (Å²) in [4.78, 5) is 47.7. The molecule has 0 amide bonds. The van der Waals surface area contributed by atoms with Gasteiger partial charge in [-0.2, -0.15) is 13.2 Å². The van der Waals surface area contributed by atoms with E-state index in [1.807, 2.05) is 0 Å². The molecule has 4 rings (SSSR count). The lowest BCUT2D eigenvalue weighted by Gasteiger charge is -2.19. The molecular formula is C19H20ClF3N5O10P. The minimum absolute atomic E-state index is 0.0581. The molecule has 0 radical (unpaired) electrons. The van der Waals surface area contributed by atoms with E-state index in [2.05, 4.69) is 14.5 Å². The molecule has 1 saturated heterocycles. The van der Waals surface area contributed by atoms with Gasteiger partial charge in [-0.3, -0.25) is 18.9 Å². The second-order valence-electron chi connectivity index (χ2n) is 8.02. The average Bonchev–Trinajstić information content (AvgIpc) is 3.28. The quantitative estimate of drug-likeness (QED) is 0.148. The van der Waals surface area contributed by atoms with Crippen molar-refractivity contribution in [3.05, 3.63) is 51.5 Å². The molecular weight excluding hydrogens is 582 g/mol. The fourth-order valence-corrected chi connectivity index (χ4v) is 4.12. The van der Waals surface area contributed by atoms with Crippen molar-refractivity contribution < 1.29 is 61.5 Å². The van der Waals surface area contributed by atoms with Crippen LogP contribution in [0.15, 0.2) is 35.4 Å². The number of anilines is 1. The predicted molar refractivity (Wildman–Crippen MR) is 121 cm³/mol. The van der Waals surface area contributed by atoms with Gasteiger partial charge < -0.3 is 40.1 Å². The molecule has 214 valence electrons. The molecule has 0 saturated carbocycles. The summed E-state index contributed by atoms with van der Waals surface area (Å²) >= 11 is 6.04. The number of H-pyrrole nitrogens is 1. The third-order valence-corrected chi connectivity index (χ3v) is 5.90. The van der Waals surface area contributed by atoms with Crippen LogP contribution in [-0.4, -0.2) is 71.8 Å². The van der Waals surface area contributed by atoms with E-state index in [1.165, 1.54) is 15.5 Å². The highest BCUT2D eigenvalue weighted by Crippen LogP contribution is 2.34. The van der Waals surface area contributed by atoms with E-state index >= 15 is 0 Å². The molecule has 20 heteroatoms. The number of benzene rings is 1. The molecule has 1 aliphatic rings. The number of carbonyl (C=O) groups is 1. The Morgan fingerprint density at radius 1 is 1.36 bits per heavy atom. The summed E-state index contributed by atoms with van der Waals surface area (Å²) in [5.41, 5.74) is 6.08. The zero-order valence-electron chi connectivity index (χ0n) is 19.2. The van der Waals surface area contributed by atoms with Gasteiger partial charge in [0, 0.05) is 5.02 Å². The van der Waals surface area contributed by atoms with Crippen LogP contribution in [0.1, 0.15) is 11.8 Å². The highest BCUT2D eigenvalue weighted by molar-refractivity contribution is 7.44. The van der Waals surface area contributed by atoms with Crippen molar-refractivity contribution in [3.63, 3.8) is 0 Å². The Morgan fingerprint density at radius 3 is 2.56 bits per heavy atom. The highest BCUT2D eigenvalue weighted by Gasteiger charge is 2.47. The Bertz CT molecular complexity index is 1460. The van der Waals surface area contributed by atoms with E-state index in [0.29, 0.717) is 5.02 Å². The lowest BCUT2D eigenvalue weighted by atomic mass is 10.1. The zero-order chi connectivity index (χ0) is 29.3. The summed E-state index contributed by atoms with van der Waals surface area (Å²) in [5, 5.41) is 28.4. The first-order chi connectivity index (χ1) is 18.0. The largest absolute Gasteiger partial charge is 0.756 e. The smallest absolute Gasteiger partial charge is 0.490 e. The fraction of sp³-hybridized carbons (Fsp3) is 0.368. The van der Waals surface area contributed by atoms with Crippen molar-refractivity contribution >= 4 is 42.5 Å². The van der Waals surface area contributed by atoms with E-state index in [1.54, 1.807) is 24.3 Å². The van der Waals surface area contributed by atoms with Gasteiger partial charge in [0.2, 0.25) is 11.7 Å². The molecule has 3 heterocycles. The number of fused-ring (bicyclic) bond motifs is 1. The molecule has 1 aromatic carbocycles. The van der Waals surface area contributed by atoms with Gasteiger partial charge >= 0.3 is 17.8 Å². The number of halogens is 4. The summed E-state index contributed by atoms with van der Waals surface area (Å²) in [6, 6.07) is 6.96. The van der Waals surface area contributed by atoms with Crippen molar-refractivity contribution in [2.24, 2.45) is 0 Å². The van der Waals surface area contributed by atoms with Gasteiger partial charge in [-0.05, 0) is 17.7 Å². The number of aromatic nitrogens is 4. The van der Waals surface area contributed by atoms with Gasteiger partial charge in [-0.15, -0.1) is 0 Å². The van der Waals surface area contributed by atoms with Crippen molar-refractivity contribution in [2.45, 2.75) is 37.3 Å². The van der Waals surface area contributed by atoms with Gasteiger partial charge in [0.15, 0.2) is 6.33 Å². The number of rotatable bonds is 6. The summed E-state index contributed by atoms with van der Waals surface area (Å²) in [5.74, 6) is -2.94. The van der Waals surface area contributed by atoms with E-state index in [9.17, 15) is 37.6 Å². The topological polar surface area (TPSA) is 237 Å². The average molecular weight is 602 g/mol. The molecule has 7 N–H and O–H groups in total. The molecule has 1 fully saturated rings. The number of nitrogens with one attached hydrogen (secondary N) is 1. The summed E-state index contributed by atoms with van der Waals surface area (Å²) in [7, 11) is -5.07. The van der Waals surface area contributed by atoms with E-state index < -0.39 is 56.7 Å². The van der Waals surface area contributed by atoms with Crippen LogP contribution in [0.2, 0.25) is 5.02 Å². The minimum Gasteiger partial charge on any atom is -0.756 e. The number of phosphoric ester groups is 1. The molecule has 2 aromatic heterocycles. The van der Waals surface area contributed by atoms with Gasteiger partial charge in [-0.25, -0.2) is 9.36 Å². The van der Waals surface area contributed by atoms with Crippen LogP contribution in [0.3, 0.4) is 0 Å². The van der Waals surface area contributed by atoms with Crippen molar-refractivity contribution in [1.29, 1.82) is 0 Å². The summed E-state index contributed by atoms with van der Waals surface area (Å²) in [6.07, 6.45) is -9.28. The standard InChI is InChI=1S/C17H19ClN5O8P.C2HF3O2/c18-9-3-1-2-8(4-9)5-22-7-23(14-11(22)15(26)21-17(19)20-14)16-13(25)12(24)10(31-16)6-30-32(27,28)29;3-2(4,5)1(6)7/h1-4,7,10,12-13,16,24-25H,5-6H2,(H4-,19,20,21,26,27,28,29);(H,6,7)/t10-,12-,13-,16-;/m1./s1. The van der Waals surface area contributed by atoms with Crippen molar-refractivity contribution in [1.82, 2.24) is 14.5 Å². The number of nitrogen functional groups attached to an aromatic ring is 1. The second-order valence-corrected chi connectivity index (χ2v) is 9.65. The van der Waals surface area contributed by atoms with Crippen molar-refractivity contribution in [3.8, 4) is 0 Å². The second kappa shape index (κ2) is 11.6. The first-order valence-electron chi connectivity index (χ1n) is 10.5. The number of hydrogen-bond donors (Lipinski definition) is 6. The molecule has 15 nitrogen and oxygen atoms in total. The van der Waals surface area contributed by atoms with E-state index in [-0.39, 0.29) is 23.7 Å². The van der Waals surface area contributed by atoms with Crippen molar-refractivity contribution in [2.75, 3.05) is 12.3 Å². The molecule has 1 aliphatic heterocycles. The maximum absolute atomic E-state index is 12.6. The van der Waals surface area contributed by atoms with Gasteiger partial charge in [0.05, 0.1) is 13.2 Å². The Balaban J connectivity index is 0.000000532. The number of hydrogen-bond acceptors (Lipinski definition) is 10. The molecule has 0 bridgehead atoms. The van der Waals surface area contributed by atoms with Crippen LogP contribution < -0.4 is 20.8 Å². The lowest BCUT2D eigenvalue weighted by Crippen LogP contribution is -2.46. The number of carboxylic acids is 1. The lowest BCUT2D eigenvalue weighted by molar-refractivity contribution is -0.745. The van der Waals surface area contributed by atoms with E-state index in [0.717, 1.165) is 5.56 Å². The number of nitrogens with zero attached hydrogens (tertiary/aromatic N) is 3. The molecule has 5 atom stereocenters. The Labute approximate surface area is 220 Å². The number of aromatic amines is 1. The maximum Gasteiger partial charge on any atom is 0.490 e. The fourth-order valence-electron chi connectivity index (χ4n) is 3.58. The van der Waals surface area contributed by atoms with Gasteiger partial charge in [0.25, 0.3) is 19.3 Å². The monoisotopic (exact) mass is 601 g/mol. The first kappa shape index (κ1) is 30.5. The van der Waals surface area contributed by atoms with Crippen LogP contribution in [0.25, 0.3) is 11.2 Å².